The van der Waals surface area contributed by atoms with Gasteiger partial charge in [0.15, 0.2) is 0 Å². The van der Waals surface area contributed by atoms with Gasteiger partial charge in [0.05, 0.1) is 12.5 Å². The number of amides is 1. The van der Waals surface area contributed by atoms with Gasteiger partial charge in [0.2, 0.25) is 0 Å². The Hall–Kier alpha value is -1.95. The van der Waals surface area contributed by atoms with Gasteiger partial charge >= 0.3 is 12.1 Å². The molecule has 0 aromatic rings. The molecule has 2 N–H and O–H groups in total. The number of rotatable bonds is 5. The van der Waals surface area contributed by atoms with Gasteiger partial charge in [-0.3, -0.25) is 4.79 Å². The van der Waals surface area contributed by atoms with Crippen molar-refractivity contribution in [3.05, 3.63) is 10.4 Å². The van der Waals surface area contributed by atoms with Crippen molar-refractivity contribution in [2.45, 2.75) is 38.8 Å². The van der Waals surface area contributed by atoms with E-state index < -0.39 is 23.7 Å². The molecule has 0 heterocycles. The summed E-state index contributed by atoms with van der Waals surface area (Å²) in [5.74, 6) is -1.10. The van der Waals surface area contributed by atoms with E-state index in [-0.39, 0.29) is 13.0 Å². The van der Waals surface area contributed by atoms with Gasteiger partial charge in [-0.25, -0.2) is 4.79 Å². The number of hydrogen-bond acceptors (Lipinski definition) is 4. The molecule has 96 valence electrons. The second-order valence-electron chi connectivity index (χ2n) is 4.34. The average Bonchev–Trinajstić information content (AvgIpc) is 2.11. The fraction of sp³-hybridized carbons (Fsp3) is 0.778. The van der Waals surface area contributed by atoms with E-state index in [0.717, 1.165) is 0 Å². The second kappa shape index (κ2) is 6.59. The summed E-state index contributed by atoms with van der Waals surface area (Å²) in [6, 6.07) is -0.829. The van der Waals surface area contributed by atoms with Crippen LogP contribution in [0.1, 0.15) is 27.2 Å². The molecule has 0 spiro atoms. The van der Waals surface area contributed by atoms with E-state index in [1.807, 2.05) is 0 Å². The zero-order chi connectivity index (χ0) is 13.5. The number of hydrogen-bond donors (Lipinski definition) is 2. The van der Waals surface area contributed by atoms with Crippen LogP contribution in [-0.2, 0) is 9.53 Å². The van der Waals surface area contributed by atoms with E-state index in [9.17, 15) is 9.59 Å². The summed E-state index contributed by atoms with van der Waals surface area (Å²) in [5.41, 5.74) is 7.59. The molecule has 1 atom stereocenters. The predicted octanol–water partition coefficient (Wildman–Crippen LogP) is 1.66. The van der Waals surface area contributed by atoms with Gasteiger partial charge < -0.3 is 15.2 Å². The van der Waals surface area contributed by atoms with Crippen LogP contribution in [0.5, 0.6) is 0 Å². The van der Waals surface area contributed by atoms with E-state index in [1.54, 1.807) is 20.8 Å². The topological polar surface area (TPSA) is 124 Å². The number of carbonyl (C=O) groups excluding carboxylic acids is 1. The van der Waals surface area contributed by atoms with Gasteiger partial charge in [-0.2, -0.15) is 0 Å². The summed E-state index contributed by atoms with van der Waals surface area (Å²) in [6.07, 6.45) is -1.03. The van der Waals surface area contributed by atoms with E-state index in [2.05, 4.69) is 15.3 Å². The highest BCUT2D eigenvalue weighted by atomic mass is 16.6. The number of ether oxygens (including phenoxy) is 1. The van der Waals surface area contributed by atoms with Gasteiger partial charge in [-0.05, 0) is 26.3 Å². The Bertz CT molecular complexity index is 330. The molecule has 0 bridgehead atoms. The van der Waals surface area contributed by atoms with E-state index in [0.29, 0.717) is 0 Å². The molecule has 0 aliphatic heterocycles. The maximum atomic E-state index is 11.2. The van der Waals surface area contributed by atoms with E-state index in [4.69, 9.17) is 15.4 Å². The summed E-state index contributed by atoms with van der Waals surface area (Å²) in [7, 11) is 0. The molecule has 1 amide bonds. The highest BCUT2D eigenvalue weighted by Gasteiger charge is 2.18. The van der Waals surface area contributed by atoms with Gasteiger partial charge in [-0.15, -0.1) is 0 Å². The van der Waals surface area contributed by atoms with Crippen molar-refractivity contribution in [1.82, 2.24) is 5.32 Å². The van der Waals surface area contributed by atoms with Crippen LogP contribution in [0.2, 0.25) is 0 Å². The van der Waals surface area contributed by atoms with Crippen LogP contribution >= 0.6 is 0 Å². The van der Waals surface area contributed by atoms with Crippen molar-refractivity contribution < 1.29 is 19.4 Å². The van der Waals surface area contributed by atoms with Crippen LogP contribution in [0.3, 0.4) is 0 Å². The summed E-state index contributed by atoms with van der Waals surface area (Å²) in [5, 5.41) is 14.1. The van der Waals surface area contributed by atoms with Crippen molar-refractivity contribution in [2.75, 3.05) is 6.54 Å². The molecule has 8 heteroatoms. The largest absolute Gasteiger partial charge is 0.481 e. The second-order valence-corrected chi connectivity index (χ2v) is 4.34. The number of nitrogens with zero attached hydrogens (tertiary/aromatic N) is 3. The van der Waals surface area contributed by atoms with Crippen molar-refractivity contribution in [3.8, 4) is 0 Å². The van der Waals surface area contributed by atoms with Gasteiger partial charge in [-0.1, -0.05) is 5.11 Å². The number of carboxylic acids is 1. The number of aliphatic carboxylic acids is 1. The third kappa shape index (κ3) is 9.01. The van der Waals surface area contributed by atoms with Crippen molar-refractivity contribution in [1.29, 1.82) is 0 Å². The molecule has 0 aromatic carbocycles. The summed E-state index contributed by atoms with van der Waals surface area (Å²) >= 11 is 0. The lowest BCUT2D eigenvalue weighted by Gasteiger charge is -2.20. The molecule has 17 heavy (non-hydrogen) atoms. The Morgan fingerprint density at radius 1 is 1.53 bits per heavy atom. The molecular formula is C9H16N4O4. The molecule has 0 aliphatic carbocycles. The number of carboxylic acid groups (broad SMARTS) is 1. The van der Waals surface area contributed by atoms with Crippen molar-refractivity contribution in [2.24, 2.45) is 5.11 Å². The lowest BCUT2D eigenvalue weighted by molar-refractivity contribution is -0.137. The molecule has 0 saturated carbocycles. The molecule has 8 nitrogen and oxygen atoms in total. The van der Waals surface area contributed by atoms with Crippen molar-refractivity contribution in [3.63, 3.8) is 0 Å². The van der Waals surface area contributed by atoms with E-state index >= 15 is 0 Å². The third-order valence-electron chi connectivity index (χ3n) is 1.51. The van der Waals surface area contributed by atoms with Crippen LogP contribution in [0.15, 0.2) is 5.11 Å². The molecule has 0 aromatic heterocycles. The van der Waals surface area contributed by atoms with Crippen LogP contribution in [0, 0.1) is 0 Å². The Morgan fingerprint density at radius 3 is 2.53 bits per heavy atom. The number of nitrogens with one attached hydrogen (secondary N) is 1. The summed E-state index contributed by atoms with van der Waals surface area (Å²) in [4.78, 5) is 24.2. The number of alkyl carbamates (subject to hydrolysis) is 1. The summed E-state index contributed by atoms with van der Waals surface area (Å²) < 4.78 is 4.94. The van der Waals surface area contributed by atoms with Crippen LogP contribution in [0.25, 0.3) is 10.4 Å². The van der Waals surface area contributed by atoms with Crippen LogP contribution in [-0.4, -0.2) is 35.4 Å². The predicted molar refractivity (Wildman–Crippen MR) is 59.4 cm³/mol. The maximum Gasteiger partial charge on any atom is 0.407 e. The van der Waals surface area contributed by atoms with E-state index in [1.165, 1.54) is 0 Å². The Kier molecular flexibility index (Phi) is 5.84. The molecule has 0 radical (unpaired) electrons. The van der Waals surface area contributed by atoms with Gasteiger partial charge in [0.1, 0.15) is 5.60 Å². The zero-order valence-corrected chi connectivity index (χ0v) is 10.0. The van der Waals surface area contributed by atoms with Crippen molar-refractivity contribution >= 4 is 12.1 Å². The Balaban J connectivity index is 4.17. The quantitative estimate of drug-likeness (QED) is 0.433. The highest BCUT2D eigenvalue weighted by Crippen LogP contribution is 2.06. The molecule has 0 saturated heterocycles. The first-order chi connectivity index (χ1) is 7.74. The minimum absolute atomic E-state index is 0.0781. The minimum atomic E-state index is -1.10. The first-order valence-corrected chi connectivity index (χ1v) is 4.97. The van der Waals surface area contributed by atoms with Gasteiger partial charge in [0, 0.05) is 11.5 Å². The molecule has 0 unspecified atom stereocenters. The highest BCUT2D eigenvalue weighted by molar-refractivity contribution is 5.69. The standard InChI is InChI=1S/C9H16N4O4/c1-9(2,3)17-8(16)11-5-6(12-13-10)4-7(14)15/h6H,4-5H2,1-3H3,(H,11,16)(H,14,15)/t6-/m1/s1. The number of azide groups is 1. The molecule has 0 fully saturated rings. The van der Waals surface area contributed by atoms with Crippen LogP contribution < -0.4 is 5.32 Å². The lowest BCUT2D eigenvalue weighted by atomic mass is 10.2. The number of carbonyl (C=O) groups is 2. The first-order valence-electron chi connectivity index (χ1n) is 4.97. The maximum absolute atomic E-state index is 11.2. The minimum Gasteiger partial charge on any atom is -0.481 e. The fourth-order valence-electron chi connectivity index (χ4n) is 0.944. The first kappa shape index (κ1) is 15.0. The van der Waals surface area contributed by atoms with Crippen LogP contribution in [0.4, 0.5) is 4.79 Å². The average molecular weight is 244 g/mol. The Labute approximate surface area is 98.6 Å². The molecular weight excluding hydrogens is 228 g/mol. The Morgan fingerprint density at radius 2 is 2.12 bits per heavy atom. The molecule has 0 aliphatic rings. The SMILES string of the molecule is CC(C)(C)OC(=O)NC[C@@H](CC(=O)O)N=[N+]=[N-]. The fourth-order valence-corrected chi connectivity index (χ4v) is 0.944. The monoisotopic (exact) mass is 244 g/mol. The normalized spacial score (nSPS) is 12.2. The smallest absolute Gasteiger partial charge is 0.407 e. The third-order valence-corrected chi connectivity index (χ3v) is 1.51. The van der Waals surface area contributed by atoms with Gasteiger partial charge in [0.25, 0.3) is 0 Å². The lowest BCUT2D eigenvalue weighted by Crippen LogP contribution is -2.36. The summed E-state index contributed by atoms with van der Waals surface area (Å²) in [6.45, 7) is 5.03. The molecule has 0 rings (SSSR count). The zero-order valence-electron chi connectivity index (χ0n) is 10.0.